The zero-order valence-electron chi connectivity index (χ0n) is 16.1. The Morgan fingerprint density at radius 1 is 1.15 bits per heavy atom. The number of rotatable bonds is 4. The van der Waals surface area contributed by atoms with Crippen LogP contribution in [0.4, 0.5) is 0 Å². The Hall–Kier alpha value is -2.67. The molecule has 2 aromatic rings. The highest BCUT2D eigenvalue weighted by atomic mass is 16.5. The van der Waals surface area contributed by atoms with Crippen LogP contribution in [0.25, 0.3) is 5.69 Å². The highest BCUT2D eigenvalue weighted by Crippen LogP contribution is 2.19. The topological polar surface area (TPSA) is 73.7 Å². The molecule has 1 aromatic heterocycles. The van der Waals surface area contributed by atoms with Crippen LogP contribution in [0.2, 0.25) is 0 Å². The third kappa shape index (κ3) is 4.19. The number of carbonyl (C=O) groups excluding carboxylic acids is 2. The molecule has 0 N–H and O–H groups in total. The summed E-state index contributed by atoms with van der Waals surface area (Å²) in [6.07, 6.45) is -0.0519. The fourth-order valence-corrected chi connectivity index (χ4v) is 3.43. The molecule has 7 nitrogen and oxygen atoms in total. The molecular weight excluding hydrogens is 346 g/mol. The number of hydrogen-bond donors (Lipinski definition) is 0. The standard InChI is InChI=1S/C20H25N3O4/c1-13-10-22(11-14(2)27-13)18(24)12-26-20(25)19-15(3)21-23(16(19)4)17-8-6-5-7-9-17/h5-9,13-14H,10-12H2,1-4H3/t13-,14+. The molecule has 0 radical (unpaired) electrons. The second kappa shape index (κ2) is 7.92. The maximum Gasteiger partial charge on any atom is 0.342 e. The van der Waals surface area contributed by atoms with Crippen molar-refractivity contribution in [1.29, 1.82) is 0 Å². The summed E-state index contributed by atoms with van der Waals surface area (Å²) in [5.74, 6) is -0.744. The molecule has 2 heterocycles. The summed E-state index contributed by atoms with van der Waals surface area (Å²) in [6.45, 7) is 8.15. The largest absolute Gasteiger partial charge is 0.452 e. The maximum absolute atomic E-state index is 12.6. The fourth-order valence-electron chi connectivity index (χ4n) is 3.43. The first-order valence-electron chi connectivity index (χ1n) is 9.08. The molecule has 0 aliphatic carbocycles. The van der Waals surface area contributed by atoms with Crippen molar-refractivity contribution >= 4 is 11.9 Å². The minimum atomic E-state index is -0.533. The van der Waals surface area contributed by atoms with E-state index in [0.717, 1.165) is 5.69 Å². The number of amides is 1. The molecule has 0 unspecified atom stereocenters. The van der Waals surface area contributed by atoms with E-state index >= 15 is 0 Å². The summed E-state index contributed by atoms with van der Waals surface area (Å²) in [5.41, 5.74) is 2.52. The van der Waals surface area contributed by atoms with Crippen LogP contribution < -0.4 is 0 Å². The first-order valence-corrected chi connectivity index (χ1v) is 9.08. The average Bonchev–Trinajstić information content (AvgIpc) is 2.93. The number of aromatic nitrogens is 2. The van der Waals surface area contributed by atoms with Crippen LogP contribution in [0.3, 0.4) is 0 Å². The van der Waals surface area contributed by atoms with Crippen LogP contribution in [0, 0.1) is 13.8 Å². The van der Waals surface area contributed by atoms with E-state index in [1.165, 1.54) is 0 Å². The van der Waals surface area contributed by atoms with Crippen LogP contribution in [0.1, 0.15) is 35.6 Å². The van der Waals surface area contributed by atoms with Gasteiger partial charge >= 0.3 is 5.97 Å². The maximum atomic E-state index is 12.6. The van der Waals surface area contributed by atoms with Crippen molar-refractivity contribution in [3.63, 3.8) is 0 Å². The number of hydrogen-bond acceptors (Lipinski definition) is 5. The van der Waals surface area contributed by atoms with Crippen LogP contribution >= 0.6 is 0 Å². The molecule has 1 amide bonds. The molecule has 3 rings (SSSR count). The molecule has 7 heteroatoms. The quantitative estimate of drug-likeness (QED) is 0.771. The molecule has 0 bridgehead atoms. The van der Waals surface area contributed by atoms with Crippen LogP contribution in [0.15, 0.2) is 30.3 Å². The molecule has 1 aliphatic rings. The van der Waals surface area contributed by atoms with Gasteiger partial charge in [0, 0.05) is 13.1 Å². The lowest BCUT2D eigenvalue weighted by Crippen LogP contribution is -2.49. The molecule has 1 saturated heterocycles. The van der Waals surface area contributed by atoms with Crippen molar-refractivity contribution < 1.29 is 19.1 Å². The lowest BCUT2D eigenvalue weighted by Gasteiger charge is -2.35. The first-order chi connectivity index (χ1) is 12.9. The van der Waals surface area contributed by atoms with Crippen molar-refractivity contribution in [2.24, 2.45) is 0 Å². The van der Waals surface area contributed by atoms with Crippen molar-refractivity contribution in [2.45, 2.75) is 39.9 Å². The van der Waals surface area contributed by atoms with Gasteiger partial charge in [-0.1, -0.05) is 18.2 Å². The predicted octanol–water partition coefficient (Wildman–Crippen LogP) is 2.28. The Labute approximate surface area is 158 Å². The highest BCUT2D eigenvalue weighted by molar-refractivity contribution is 5.93. The zero-order valence-corrected chi connectivity index (χ0v) is 16.1. The molecule has 27 heavy (non-hydrogen) atoms. The third-order valence-corrected chi connectivity index (χ3v) is 4.60. The molecule has 1 aliphatic heterocycles. The summed E-state index contributed by atoms with van der Waals surface area (Å²) in [7, 11) is 0. The summed E-state index contributed by atoms with van der Waals surface area (Å²) in [6, 6.07) is 9.57. The van der Waals surface area contributed by atoms with Crippen molar-refractivity contribution in [3.8, 4) is 5.69 Å². The summed E-state index contributed by atoms with van der Waals surface area (Å²) >= 11 is 0. The van der Waals surface area contributed by atoms with E-state index in [4.69, 9.17) is 9.47 Å². The first kappa shape index (κ1) is 19.1. The Balaban J connectivity index is 1.68. The molecule has 144 valence electrons. The second-order valence-corrected chi connectivity index (χ2v) is 6.93. The van der Waals surface area contributed by atoms with Gasteiger partial charge in [0.1, 0.15) is 5.56 Å². The number of nitrogens with zero attached hydrogens (tertiary/aromatic N) is 3. The van der Waals surface area contributed by atoms with Gasteiger partial charge in [0.15, 0.2) is 6.61 Å². The molecule has 2 atom stereocenters. The van der Waals surface area contributed by atoms with Gasteiger partial charge in [0.25, 0.3) is 5.91 Å². The SMILES string of the molecule is Cc1nn(-c2ccccc2)c(C)c1C(=O)OCC(=O)N1C[C@@H](C)O[C@@H](C)C1. The van der Waals surface area contributed by atoms with Crippen LogP contribution in [-0.2, 0) is 14.3 Å². The number of para-hydroxylation sites is 1. The smallest absolute Gasteiger partial charge is 0.342 e. The Morgan fingerprint density at radius 2 is 1.78 bits per heavy atom. The van der Waals surface area contributed by atoms with Gasteiger partial charge in [0.2, 0.25) is 0 Å². The van der Waals surface area contributed by atoms with Gasteiger partial charge < -0.3 is 14.4 Å². The number of ether oxygens (including phenoxy) is 2. The highest BCUT2D eigenvalue weighted by Gasteiger charge is 2.27. The molecule has 0 saturated carbocycles. The van der Waals surface area contributed by atoms with Crippen molar-refractivity contribution in [2.75, 3.05) is 19.7 Å². The van der Waals surface area contributed by atoms with E-state index in [2.05, 4.69) is 5.10 Å². The predicted molar refractivity (Wildman–Crippen MR) is 99.9 cm³/mol. The number of carbonyl (C=O) groups is 2. The molecule has 1 aromatic carbocycles. The Bertz CT molecular complexity index is 821. The number of aryl methyl sites for hydroxylation is 1. The van der Waals surface area contributed by atoms with Crippen LogP contribution in [-0.4, -0.2) is 58.5 Å². The van der Waals surface area contributed by atoms with E-state index in [1.807, 2.05) is 51.1 Å². The number of benzene rings is 1. The van der Waals surface area contributed by atoms with Crippen LogP contribution in [0.5, 0.6) is 0 Å². The van der Waals surface area contributed by atoms with E-state index in [1.54, 1.807) is 16.5 Å². The van der Waals surface area contributed by atoms with E-state index in [9.17, 15) is 9.59 Å². The van der Waals surface area contributed by atoms with Gasteiger partial charge in [-0.15, -0.1) is 0 Å². The second-order valence-electron chi connectivity index (χ2n) is 6.93. The number of morpholine rings is 1. The number of esters is 1. The van der Waals surface area contributed by atoms with Gasteiger partial charge in [-0.2, -0.15) is 5.10 Å². The van der Waals surface area contributed by atoms with E-state index in [-0.39, 0.29) is 24.7 Å². The van der Waals surface area contributed by atoms with Gasteiger partial charge in [-0.3, -0.25) is 4.79 Å². The minimum absolute atomic E-state index is 0.0259. The lowest BCUT2D eigenvalue weighted by molar-refractivity contribution is -0.146. The van der Waals surface area contributed by atoms with Crippen molar-refractivity contribution in [3.05, 3.63) is 47.3 Å². The summed E-state index contributed by atoms with van der Waals surface area (Å²) in [4.78, 5) is 26.6. The normalized spacial score (nSPS) is 19.8. The van der Waals surface area contributed by atoms with E-state index in [0.29, 0.717) is 30.0 Å². The zero-order chi connectivity index (χ0) is 19.6. The molecule has 0 spiro atoms. The monoisotopic (exact) mass is 371 g/mol. The van der Waals surface area contributed by atoms with Gasteiger partial charge in [-0.05, 0) is 39.8 Å². The van der Waals surface area contributed by atoms with Gasteiger partial charge in [0.05, 0.1) is 29.3 Å². The molecular formula is C20H25N3O4. The minimum Gasteiger partial charge on any atom is -0.452 e. The summed E-state index contributed by atoms with van der Waals surface area (Å²) < 4.78 is 12.6. The average molecular weight is 371 g/mol. The van der Waals surface area contributed by atoms with Crippen molar-refractivity contribution in [1.82, 2.24) is 14.7 Å². The summed E-state index contributed by atoms with van der Waals surface area (Å²) in [5, 5.41) is 4.44. The van der Waals surface area contributed by atoms with Gasteiger partial charge in [-0.25, -0.2) is 9.48 Å². The Kier molecular flexibility index (Phi) is 5.60. The van der Waals surface area contributed by atoms with E-state index < -0.39 is 5.97 Å². The molecule has 1 fully saturated rings. The fraction of sp³-hybridized carbons (Fsp3) is 0.450. The Morgan fingerprint density at radius 3 is 2.41 bits per heavy atom. The lowest BCUT2D eigenvalue weighted by atomic mass is 10.2. The third-order valence-electron chi connectivity index (χ3n) is 4.60.